The molecule has 1 heterocycles. The molecule has 0 bridgehead atoms. The van der Waals surface area contributed by atoms with E-state index in [9.17, 15) is 0 Å². The van der Waals surface area contributed by atoms with Crippen LogP contribution in [0.3, 0.4) is 0 Å². The second kappa shape index (κ2) is 10.6. The Bertz CT molecular complexity index is 860. The summed E-state index contributed by atoms with van der Waals surface area (Å²) in [4.78, 5) is 4.36. The van der Waals surface area contributed by atoms with Crippen molar-refractivity contribution >= 4 is 11.1 Å². The Kier molecular flexibility index (Phi) is 8.54. The summed E-state index contributed by atoms with van der Waals surface area (Å²) in [5.74, 6) is 0. The number of nitrogens with zero attached hydrogens (tertiary/aromatic N) is 2. The van der Waals surface area contributed by atoms with Crippen molar-refractivity contribution in [3.05, 3.63) is 102 Å². The average molecular weight is 342 g/mol. The van der Waals surface area contributed by atoms with Gasteiger partial charge in [0.25, 0.3) is 0 Å². The first-order valence-corrected chi connectivity index (χ1v) is 8.47. The summed E-state index contributed by atoms with van der Waals surface area (Å²) in [5.41, 5.74) is 6.97. The normalized spacial score (nSPS) is 10.7. The van der Waals surface area contributed by atoms with Gasteiger partial charge in [0.1, 0.15) is 0 Å². The van der Waals surface area contributed by atoms with Gasteiger partial charge in [-0.1, -0.05) is 49.6 Å². The van der Waals surface area contributed by atoms with Crippen molar-refractivity contribution in [1.82, 2.24) is 4.98 Å². The minimum absolute atomic E-state index is 0.731. The number of aromatic nitrogens is 1. The van der Waals surface area contributed by atoms with Gasteiger partial charge in [0.2, 0.25) is 0 Å². The summed E-state index contributed by atoms with van der Waals surface area (Å²) in [5, 5.41) is 8.41. The predicted molar refractivity (Wildman–Crippen MR) is 112 cm³/mol. The third-order valence-corrected chi connectivity index (χ3v) is 3.71. The first-order chi connectivity index (χ1) is 12.4. The smallest absolute Gasteiger partial charge is 0.0991 e. The van der Waals surface area contributed by atoms with Crippen LogP contribution >= 0.6 is 0 Å². The highest BCUT2D eigenvalue weighted by molar-refractivity contribution is 5.77. The van der Waals surface area contributed by atoms with E-state index in [2.05, 4.69) is 37.2 Å². The van der Waals surface area contributed by atoms with Crippen LogP contribution in [0.2, 0.25) is 0 Å². The molecule has 0 saturated heterocycles. The van der Waals surface area contributed by atoms with Crippen LogP contribution in [0.15, 0.2) is 79.6 Å². The van der Waals surface area contributed by atoms with E-state index < -0.39 is 0 Å². The van der Waals surface area contributed by atoms with Crippen molar-refractivity contribution in [2.75, 3.05) is 0 Å². The highest BCUT2D eigenvalue weighted by Crippen LogP contribution is 2.21. The molecule has 2 heteroatoms. The molecule has 0 aliphatic heterocycles. The minimum Gasteiger partial charge on any atom is -0.256 e. The van der Waals surface area contributed by atoms with E-state index in [4.69, 9.17) is 5.26 Å². The Morgan fingerprint density at radius 3 is 2.35 bits per heavy atom. The molecule has 0 N–H and O–H groups in total. The molecule has 2 nitrogen and oxygen atoms in total. The van der Waals surface area contributed by atoms with E-state index in [0.717, 1.165) is 39.1 Å². The maximum absolute atomic E-state index is 8.41. The molecule has 0 spiro atoms. The van der Waals surface area contributed by atoms with Crippen LogP contribution in [-0.2, 0) is 0 Å². The van der Waals surface area contributed by atoms with Gasteiger partial charge < -0.3 is 0 Å². The van der Waals surface area contributed by atoms with Crippen molar-refractivity contribution in [3.8, 4) is 6.07 Å². The molecular formula is C24H26N2. The summed E-state index contributed by atoms with van der Waals surface area (Å²) >= 11 is 0. The van der Waals surface area contributed by atoms with Gasteiger partial charge in [0.05, 0.1) is 17.3 Å². The van der Waals surface area contributed by atoms with Crippen LogP contribution in [-0.4, -0.2) is 4.98 Å². The van der Waals surface area contributed by atoms with Crippen LogP contribution in [0.4, 0.5) is 0 Å². The molecule has 0 saturated carbocycles. The van der Waals surface area contributed by atoms with Crippen molar-refractivity contribution < 1.29 is 0 Å². The molecule has 0 unspecified atom stereocenters. The molecule has 0 amide bonds. The van der Waals surface area contributed by atoms with E-state index in [1.807, 2.05) is 69.5 Å². The predicted octanol–water partition coefficient (Wildman–Crippen LogP) is 6.52. The third kappa shape index (κ3) is 6.75. The standard InChI is InChI=1S/C16H19N.C8H7N/c1-6-7-8-13(4)14(5)15-9-10-16(12(2)3)17-11-15;1-7-3-2-4-8(5-7)6-9/h6-11H,2,5H2,1,3-4H3;2-5H,1H3/b7-6-,13-8-;. The molecule has 2 rings (SSSR count). The lowest BCUT2D eigenvalue weighted by molar-refractivity contribution is 1.25. The molecule has 132 valence electrons. The molecule has 0 atom stereocenters. The summed E-state index contributed by atoms with van der Waals surface area (Å²) in [6, 6.07) is 13.6. The molecule has 0 fully saturated rings. The Morgan fingerprint density at radius 1 is 1.15 bits per heavy atom. The number of nitriles is 1. The lowest BCUT2D eigenvalue weighted by atomic mass is 10.0. The van der Waals surface area contributed by atoms with Crippen molar-refractivity contribution in [1.29, 1.82) is 5.26 Å². The zero-order valence-corrected chi connectivity index (χ0v) is 16.1. The Labute approximate surface area is 157 Å². The number of rotatable bonds is 4. The highest BCUT2D eigenvalue weighted by Gasteiger charge is 2.02. The van der Waals surface area contributed by atoms with Crippen molar-refractivity contribution in [2.24, 2.45) is 0 Å². The quantitative estimate of drug-likeness (QED) is 0.593. The van der Waals surface area contributed by atoms with E-state index >= 15 is 0 Å². The SMILES string of the molecule is C=C(/C(C)=C\C=C/C)c1ccc(C(=C)C)nc1.Cc1cccc(C#N)c1. The van der Waals surface area contributed by atoms with Crippen LogP contribution < -0.4 is 0 Å². The van der Waals surface area contributed by atoms with Crippen LogP contribution in [0, 0.1) is 18.3 Å². The van der Waals surface area contributed by atoms with E-state index in [0.29, 0.717) is 0 Å². The zero-order valence-electron chi connectivity index (χ0n) is 16.1. The van der Waals surface area contributed by atoms with Gasteiger partial charge in [-0.25, -0.2) is 0 Å². The van der Waals surface area contributed by atoms with Gasteiger partial charge in [0.15, 0.2) is 0 Å². The number of hydrogen-bond acceptors (Lipinski definition) is 2. The fourth-order valence-electron chi connectivity index (χ4n) is 2.11. The van der Waals surface area contributed by atoms with Crippen LogP contribution in [0.5, 0.6) is 0 Å². The third-order valence-electron chi connectivity index (χ3n) is 3.71. The van der Waals surface area contributed by atoms with Crippen LogP contribution in [0.25, 0.3) is 11.1 Å². The monoisotopic (exact) mass is 342 g/mol. The largest absolute Gasteiger partial charge is 0.256 e. The fourth-order valence-corrected chi connectivity index (χ4v) is 2.11. The average Bonchev–Trinajstić information content (AvgIpc) is 2.66. The molecule has 0 aliphatic carbocycles. The Balaban J connectivity index is 0.000000314. The molecule has 2 aromatic rings. The van der Waals surface area contributed by atoms with Crippen molar-refractivity contribution in [3.63, 3.8) is 0 Å². The first-order valence-electron chi connectivity index (χ1n) is 8.47. The van der Waals surface area contributed by atoms with E-state index in [1.54, 1.807) is 6.07 Å². The first kappa shape index (κ1) is 20.9. The molecule has 26 heavy (non-hydrogen) atoms. The van der Waals surface area contributed by atoms with Gasteiger partial charge in [-0.15, -0.1) is 0 Å². The Hall–Kier alpha value is -3.18. The van der Waals surface area contributed by atoms with Gasteiger partial charge in [-0.05, 0) is 73.7 Å². The number of allylic oxidation sites excluding steroid dienone is 6. The number of benzene rings is 1. The number of aryl methyl sites for hydroxylation is 1. The topological polar surface area (TPSA) is 36.7 Å². The molecular weight excluding hydrogens is 316 g/mol. The lowest BCUT2D eigenvalue weighted by Gasteiger charge is -2.06. The Morgan fingerprint density at radius 2 is 1.88 bits per heavy atom. The van der Waals surface area contributed by atoms with E-state index in [-0.39, 0.29) is 0 Å². The maximum Gasteiger partial charge on any atom is 0.0991 e. The summed E-state index contributed by atoms with van der Waals surface area (Å²) in [6.07, 6.45) is 7.91. The van der Waals surface area contributed by atoms with Crippen LogP contribution in [0.1, 0.15) is 43.2 Å². The van der Waals surface area contributed by atoms with E-state index in [1.165, 1.54) is 0 Å². The second-order valence-corrected chi connectivity index (χ2v) is 6.05. The van der Waals surface area contributed by atoms with Gasteiger partial charge >= 0.3 is 0 Å². The maximum atomic E-state index is 8.41. The van der Waals surface area contributed by atoms with Gasteiger partial charge in [0, 0.05) is 6.20 Å². The van der Waals surface area contributed by atoms with Gasteiger partial charge in [-0.2, -0.15) is 5.26 Å². The number of hydrogen-bond donors (Lipinski definition) is 0. The minimum atomic E-state index is 0.731. The van der Waals surface area contributed by atoms with Gasteiger partial charge in [-0.3, -0.25) is 4.98 Å². The fraction of sp³-hybridized carbons (Fsp3) is 0.167. The molecule has 1 aromatic carbocycles. The van der Waals surface area contributed by atoms with Crippen molar-refractivity contribution in [2.45, 2.75) is 27.7 Å². The number of pyridine rings is 1. The summed E-state index contributed by atoms with van der Waals surface area (Å²) in [6.45, 7) is 15.9. The summed E-state index contributed by atoms with van der Waals surface area (Å²) < 4.78 is 0. The molecule has 0 aliphatic rings. The second-order valence-electron chi connectivity index (χ2n) is 6.05. The zero-order chi connectivity index (χ0) is 19.5. The lowest BCUT2D eigenvalue weighted by Crippen LogP contribution is -1.89. The summed E-state index contributed by atoms with van der Waals surface area (Å²) in [7, 11) is 0. The molecule has 0 radical (unpaired) electrons. The molecule has 1 aromatic heterocycles. The highest BCUT2D eigenvalue weighted by atomic mass is 14.7.